The number of piperidine rings is 1. The van der Waals surface area contributed by atoms with E-state index in [9.17, 15) is 17.6 Å². The van der Waals surface area contributed by atoms with Crippen molar-refractivity contribution in [3.05, 3.63) is 54.5 Å². The fraction of sp³-hybridized carbons (Fsp3) is 0.263. The number of carbonyl (C=O) groups is 1. The molecule has 2 heterocycles. The average molecular weight is 402 g/mol. The summed E-state index contributed by atoms with van der Waals surface area (Å²) < 4.78 is 39.8. The number of aromatic nitrogens is 2. The zero-order valence-corrected chi connectivity index (χ0v) is 15.7. The van der Waals surface area contributed by atoms with Gasteiger partial charge in [0.15, 0.2) is 0 Å². The van der Waals surface area contributed by atoms with E-state index in [1.807, 2.05) is 12.1 Å². The summed E-state index contributed by atoms with van der Waals surface area (Å²) in [5.41, 5.74) is 1.41. The predicted octanol–water partition coefficient (Wildman–Crippen LogP) is 2.74. The van der Waals surface area contributed by atoms with Crippen molar-refractivity contribution < 1.29 is 17.6 Å². The molecule has 4 rings (SSSR count). The molecule has 9 heteroatoms. The Bertz CT molecular complexity index is 1100. The number of carbonyl (C=O) groups excluding carboxylic acids is 1. The zero-order chi connectivity index (χ0) is 19.7. The van der Waals surface area contributed by atoms with Gasteiger partial charge in [-0.2, -0.15) is 9.40 Å². The Morgan fingerprint density at radius 3 is 2.57 bits per heavy atom. The van der Waals surface area contributed by atoms with Crippen molar-refractivity contribution in [2.75, 3.05) is 18.4 Å². The lowest BCUT2D eigenvalue weighted by atomic mass is 9.97. The highest BCUT2D eigenvalue weighted by Crippen LogP contribution is 2.26. The summed E-state index contributed by atoms with van der Waals surface area (Å²) in [6.45, 7) is 0.484. The molecule has 0 bridgehead atoms. The number of anilines is 1. The number of nitrogens with zero attached hydrogens (tertiary/aromatic N) is 2. The number of halogens is 1. The van der Waals surface area contributed by atoms with E-state index < -0.39 is 15.8 Å². The molecule has 146 valence electrons. The highest BCUT2D eigenvalue weighted by atomic mass is 32.2. The lowest BCUT2D eigenvalue weighted by Gasteiger charge is -2.30. The van der Waals surface area contributed by atoms with Crippen LogP contribution in [0.4, 0.5) is 10.1 Å². The van der Waals surface area contributed by atoms with Gasteiger partial charge in [0.05, 0.1) is 22.3 Å². The Hall–Kier alpha value is -2.78. The molecule has 0 spiro atoms. The van der Waals surface area contributed by atoms with E-state index in [0.717, 1.165) is 23.0 Å². The highest BCUT2D eigenvalue weighted by Gasteiger charge is 2.32. The van der Waals surface area contributed by atoms with Crippen molar-refractivity contribution in [3.8, 4) is 0 Å². The Kier molecular flexibility index (Phi) is 4.86. The Balaban J connectivity index is 1.41. The summed E-state index contributed by atoms with van der Waals surface area (Å²) in [7, 11) is -3.69. The molecule has 1 amide bonds. The van der Waals surface area contributed by atoms with E-state index in [-0.39, 0.29) is 29.8 Å². The van der Waals surface area contributed by atoms with E-state index in [0.29, 0.717) is 18.5 Å². The minimum absolute atomic E-state index is 0.0581. The maximum absolute atomic E-state index is 13.1. The number of rotatable bonds is 4. The van der Waals surface area contributed by atoms with Gasteiger partial charge in [0.25, 0.3) is 0 Å². The number of aromatic amines is 1. The third-order valence-electron chi connectivity index (χ3n) is 5.01. The van der Waals surface area contributed by atoms with Gasteiger partial charge < -0.3 is 5.32 Å². The van der Waals surface area contributed by atoms with E-state index >= 15 is 0 Å². The molecule has 0 radical (unpaired) electrons. The third-order valence-corrected chi connectivity index (χ3v) is 6.92. The average Bonchev–Trinajstić information content (AvgIpc) is 3.18. The molecule has 28 heavy (non-hydrogen) atoms. The van der Waals surface area contributed by atoms with Crippen molar-refractivity contribution in [2.45, 2.75) is 17.7 Å². The van der Waals surface area contributed by atoms with Crippen molar-refractivity contribution >= 4 is 32.5 Å². The van der Waals surface area contributed by atoms with Crippen LogP contribution in [0.3, 0.4) is 0 Å². The SMILES string of the molecule is O=C(Nc1cccc2cn[nH]c12)C1CCN(S(=O)(=O)c2ccc(F)cc2)CC1. The largest absolute Gasteiger partial charge is 0.324 e. The molecule has 0 aliphatic carbocycles. The summed E-state index contributed by atoms with van der Waals surface area (Å²) in [4.78, 5) is 12.7. The number of para-hydroxylation sites is 1. The van der Waals surface area contributed by atoms with Gasteiger partial charge >= 0.3 is 0 Å². The van der Waals surface area contributed by atoms with Gasteiger partial charge in [0.2, 0.25) is 15.9 Å². The van der Waals surface area contributed by atoms with Crippen LogP contribution < -0.4 is 5.32 Å². The zero-order valence-electron chi connectivity index (χ0n) is 14.9. The fourth-order valence-corrected chi connectivity index (χ4v) is 4.89. The van der Waals surface area contributed by atoms with Gasteiger partial charge in [0, 0.05) is 24.4 Å². The summed E-state index contributed by atoms with van der Waals surface area (Å²) in [5, 5.41) is 10.7. The second-order valence-electron chi connectivity index (χ2n) is 6.76. The van der Waals surface area contributed by atoms with Crippen LogP contribution in [0.1, 0.15) is 12.8 Å². The fourth-order valence-electron chi connectivity index (χ4n) is 3.42. The maximum Gasteiger partial charge on any atom is 0.243 e. The van der Waals surface area contributed by atoms with Crippen molar-refractivity contribution in [3.63, 3.8) is 0 Å². The number of hydrogen-bond acceptors (Lipinski definition) is 4. The summed E-state index contributed by atoms with van der Waals surface area (Å²) >= 11 is 0. The minimum atomic E-state index is -3.69. The van der Waals surface area contributed by atoms with Crippen LogP contribution in [0.25, 0.3) is 10.9 Å². The molecule has 2 N–H and O–H groups in total. The van der Waals surface area contributed by atoms with Gasteiger partial charge in [-0.05, 0) is 43.2 Å². The first-order chi connectivity index (χ1) is 13.4. The predicted molar refractivity (Wildman–Crippen MR) is 103 cm³/mol. The van der Waals surface area contributed by atoms with Crippen LogP contribution in [0.2, 0.25) is 0 Å². The number of hydrogen-bond donors (Lipinski definition) is 2. The van der Waals surface area contributed by atoms with E-state index in [4.69, 9.17) is 0 Å². The van der Waals surface area contributed by atoms with E-state index in [2.05, 4.69) is 15.5 Å². The summed E-state index contributed by atoms with van der Waals surface area (Å²) in [5.74, 6) is -0.902. The molecule has 1 aromatic heterocycles. The monoisotopic (exact) mass is 402 g/mol. The van der Waals surface area contributed by atoms with Crippen LogP contribution >= 0.6 is 0 Å². The smallest absolute Gasteiger partial charge is 0.243 e. The van der Waals surface area contributed by atoms with E-state index in [1.165, 1.54) is 16.4 Å². The van der Waals surface area contributed by atoms with E-state index in [1.54, 1.807) is 12.3 Å². The van der Waals surface area contributed by atoms with Crippen LogP contribution in [0.5, 0.6) is 0 Å². The van der Waals surface area contributed by atoms with Gasteiger partial charge in [-0.1, -0.05) is 12.1 Å². The van der Waals surface area contributed by atoms with Crippen molar-refractivity contribution in [2.24, 2.45) is 5.92 Å². The molecule has 2 aromatic carbocycles. The second-order valence-corrected chi connectivity index (χ2v) is 8.70. The first kappa shape index (κ1) is 18.6. The topological polar surface area (TPSA) is 95.2 Å². The van der Waals surface area contributed by atoms with Crippen LogP contribution in [-0.2, 0) is 14.8 Å². The highest BCUT2D eigenvalue weighted by molar-refractivity contribution is 7.89. The lowest BCUT2D eigenvalue weighted by molar-refractivity contribution is -0.120. The molecule has 0 atom stereocenters. The quantitative estimate of drug-likeness (QED) is 0.702. The Labute approximate surface area is 161 Å². The van der Waals surface area contributed by atoms with Gasteiger partial charge in [-0.3, -0.25) is 9.89 Å². The molecule has 3 aromatic rings. The Morgan fingerprint density at radius 1 is 1.14 bits per heavy atom. The van der Waals surface area contributed by atoms with Crippen molar-refractivity contribution in [1.82, 2.24) is 14.5 Å². The van der Waals surface area contributed by atoms with Gasteiger partial charge in [-0.15, -0.1) is 0 Å². The molecule has 1 fully saturated rings. The third kappa shape index (κ3) is 3.50. The van der Waals surface area contributed by atoms with Gasteiger partial charge in [0.1, 0.15) is 5.82 Å². The maximum atomic E-state index is 13.1. The van der Waals surface area contributed by atoms with Crippen LogP contribution in [0, 0.1) is 11.7 Å². The molecule has 0 unspecified atom stereocenters. The van der Waals surface area contributed by atoms with Crippen molar-refractivity contribution in [1.29, 1.82) is 0 Å². The number of nitrogens with one attached hydrogen (secondary N) is 2. The normalized spacial score (nSPS) is 16.3. The number of fused-ring (bicyclic) bond motifs is 1. The molecule has 0 saturated carbocycles. The number of sulfonamides is 1. The first-order valence-electron chi connectivity index (χ1n) is 8.94. The second kappa shape index (κ2) is 7.33. The molecule has 1 saturated heterocycles. The molecule has 7 nitrogen and oxygen atoms in total. The molecular formula is C19H19FN4O3S. The Morgan fingerprint density at radius 2 is 1.86 bits per heavy atom. The number of amides is 1. The van der Waals surface area contributed by atoms with Crippen LogP contribution in [0.15, 0.2) is 53.6 Å². The van der Waals surface area contributed by atoms with Crippen LogP contribution in [-0.4, -0.2) is 41.9 Å². The first-order valence-corrected chi connectivity index (χ1v) is 10.4. The number of benzene rings is 2. The molecule has 1 aliphatic heterocycles. The summed E-state index contributed by atoms with van der Waals surface area (Å²) in [6.07, 6.45) is 2.53. The standard InChI is InChI=1S/C19H19FN4O3S/c20-15-4-6-16(7-5-15)28(26,27)24-10-8-13(9-11-24)19(25)22-17-3-1-2-14-12-21-23-18(14)17/h1-7,12-13H,8-11H2,(H,21,23)(H,22,25). The van der Waals surface area contributed by atoms with Gasteiger partial charge in [-0.25, -0.2) is 12.8 Å². The minimum Gasteiger partial charge on any atom is -0.324 e. The summed E-state index contributed by atoms with van der Waals surface area (Å²) in [6, 6.07) is 10.3. The molecular weight excluding hydrogens is 383 g/mol. The number of H-pyrrole nitrogens is 1. The molecule has 1 aliphatic rings. The lowest BCUT2D eigenvalue weighted by Crippen LogP contribution is -2.41.